The Labute approximate surface area is 182 Å². The predicted octanol–water partition coefficient (Wildman–Crippen LogP) is 3.73. The third-order valence-electron chi connectivity index (χ3n) is 4.07. The van der Waals surface area contributed by atoms with Crippen molar-refractivity contribution in [2.75, 3.05) is 19.0 Å². The molecule has 2 heterocycles. The van der Waals surface area contributed by atoms with Crippen molar-refractivity contribution in [3.05, 3.63) is 39.7 Å². The zero-order chi connectivity index (χ0) is 20.8. The summed E-state index contributed by atoms with van der Waals surface area (Å²) in [4.78, 5) is 26.9. The van der Waals surface area contributed by atoms with Crippen LogP contribution in [0, 0.1) is 0 Å². The molecular formula is C19H20N4O3S3. The van der Waals surface area contributed by atoms with E-state index in [9.17, 15) is 9.59 Å². The van der Waals surface area contributed by atoms with Crippen molar-refractivity contribution >= 4 is 62.7 Å². The summed E-state index contributed by atoms with van der Waals surface area (Å²) in [6.07, 6.45) is 3.36. The number of benzene rings is 1. The van der Waals surface area contributed by atoms with Gasteiger partial charge in [0.15, 0.2) is 0 Å². The molecule has 0 bridgehead atoms. The zero-order valence-electron chi connectivity index (χ0n) is 16.0. The van der Waals surface area contributed by atoms with Gasteiger partial charge in [-0.25, -0.2) is 0 Å². The lowest BCUT2D eigenvalue weighted by molar-refractivity contribution is -0.122. The molecule has 29 heavy (non-hydrogen) atoms. The van der Waals surface area contributed by atoms with Crippen LogP contribution in [0.2, 0.25) is 0 Å². The molecule has 10 heteroatoms. The standard InChI is InChI=1S/C19H20N4O3S3/c1-3-16-21-22-18(29-16)20-15(24)8-5-9-23-17(25)14(28-19(23)27)11-12-6-4-7-13(10-12)26-2/h4,6-7,10-11H,3,5,8-9H2,1-2H3,(H,20,22,24). The number of carbonyl (C=O) groups excluding carboxylic acids is 2. The Kier molecular flexibility index (Phi) is 7.34. The second-order valence-electron chi connectivity index (χ2n) is 6.12. The van der Waals surface area contributed by atoms with Gasteiger partial charge in [0.2, 0.25) is 11.0 Å². The minimum atomic E-state index is -0.152. The maximum absolute atomic E-state index is 12.7. The zero-order valence-corrected chi connectivity index (χ0v) is 18.5. The Morgan fingerprint density at radius 3 is 2.93 bits per heavy atom. The second-order valence-corrected chi connectivity index (χ2v) is 8.85. The number of amides is 2. The Bertz CT molecular complexity index is 958. The first-order valence-electron chi connectivity index (χ1n) is 9.01. The number of carbonyl (C=O) groups is 2. The van der Waals surface area contributed by atoms with Crippen LogP contribution >= 0.6 is 35.3 Å². The first-order chi connectivity index (χ1) is 14.0. The lowest BCUT2D eigenvalue weighted by Crippen LogP contribution is -2.29. The molecule has 0 saturated carbocycles. The maximum atomic E-state index is 12.7. The molecule has 1 fully saturated rings. The second kappa shape index (κ2) is 9.95. The van der Waals surface area contributed by atoms with Crippen LogP contribution in [0.5, 0.6) is 5.75 Å². The number of rotatable bonds is 8. The van der Waals surface area contributed by atoms with Crippen LogP contribution in [-0.4, -0.2) is 44.9 Å². The summed E-state index contributed by atoms with van der Waals surface area (Å²) >= 11 is 7.98. The number of thioether (sulfide) groups is 1. The number of aryl methyl sites for hydroxylation is 1. The molecule has 7 nitrogen and oxygen atoms in total. The smallest absolute Gasteiger partial charge is 0.266 e. The fourth-order valence-corrected chi connectivity index (χ4v) is 4.61. The molecule has 2 amide bonds. The molecule has 1 saturated heterocycles. The summed E-state index contributed by atoms with van der Waals surface area (Å²) < 4.78 is 5.71. The molecule has 1 aromatic carbocycles. The van der Waals surface area contributed by atoms with E-state index in [0.29, 0.717) is 27.3 Å². The monoisotopic (exact) mass is 448 g/mol. The molecule has 1 aromatic heterocycles. The highest BCUT2D eigenvalue weighted by Crippen LogP contribution is 2.33. The third-order valence-corrected chi connectivity index (χ3v) is 6.43. The molecule has 152 valence electrons. The number of hydrogen-bond donors (Lipinski definition) is 1. The molecule has 0 spiro atoms. The Balaban J connectivity index is 1.53. The van der Waals surface area contributed by atoms with Gasteiger partial charge in [0.05, 0.1) is 12.0 Å². The SMILES string of the molecule is CCc1nnc(NC(=O)CCCN2C(=O)C(=Cc3cccc(OC)c3)SC2=S)s1. The van der Waals surface area contributed by atoms with Crippen molar-refractivity contribution in [2.24, 2.45) is 0 Å². The van der Waals surface area contributed by atoms with Crippen molar-refractivity contribution in [3.8, 4) is 5.75 Å². The summed E-state index contributed by atoms with van der Waals surface area (Å²) in [7, 11) is 1.60. The fourth-order valence-electron chi connectivity index (χ4n) is 2.60. The summed E-state index contributed by atoms with van der Waals surface area (Å²) in [6.45, 7) is 2.38. The van der Waals surface area contributed by atoms with Gasteiger partial charge in [-0.15, -0.1) is 10.2 Å². The Morgan fingerprint density at radius 1 is 1.38 bits per heavy atom. The van der Waals surface area contributed by atoms with E-state index in [1.165, 1.54) is 23.1 Å². The lowest BCUT2D eigenvalue weighted by Gasteiger charge is -2.13. The molecule has 0 atom stereocenters. The number of nitrogens with one attached hydrogen (secondary N) is 1. The van der Waals surface area contributed by atoms with Gasteiger partial charge in [0, 0.05) is 13.0 Å². The number of ether oxygens (including phenoxy) is 1. The van der Waals surface area contributed by atoms with E-state index in [1.807, 2.05) is 31.2 Å². The van der Waals surface area contributed by atoms with E-state index in [1.54, 1.807) is 18.1 Å². The van der Waals surface area contributed by atoms with Gasteiger partial charge in [-0.2, -0.15) is 0 Å². The predicted molar refractivity (Wildman–Crippen MR) is 120 cm³/mol. The normalized spacial score (nSPS) is 15.2. The molecule has 0 unspecified atom stereocenters. The summed E-state index contributed by atoms with van der Waals surface area (Å²) in [5.74, 6) is 0.433. The largest absolute Gasteiger partial charge is 0.497 e. The van der Waals surface area contributed by atoms with Crippen LogP contribution in [0.3, 0.4) is 0 Å². The fraction of sp³-hybridized carbons (Fsp3) is 0.316. The van der Waals surface area contributed by atoms with E-state index < -0.39 is 0 Å². The van der Waals surface area contributed by atoms with Gasteiger partial charge in [-0.1, -0.05) is 54.4 Å². The molecule has 2 aromatic rings. The van der Waals surface area contributed by atoms with Crippen molar-refractivity contribution in [2.45, 2.75) is 26.2 Å². The number of thiocarbonyl (C=S) groups is 1. The van der Waals surface area contributed by atoms with Gasteiger partial charge in [0.25, 0.3) is 5.91 Å². The van der Waals surface area contributed by atoms with E-state index >= 15 is 0 Å². The highest BCUT2D eigenvalue weighted by atomic mass is 32.2. The Morgan fingerprint density at radius 2 is 2.21 bits per heavy atom. The van der Waals surface area contributed by atoms with Crippen LogP contribution in [0.1, 0.15) is 30.3 Å². The van der Waals surface area contributed by atoms with Gasteiger partial charge in [-0.3, -0.25) is 14.5 Å². The van der Waals surface area contributed by atoms with E-state index in [-0.39, 0.29) is 18.2 Å². The van der Waals surface area contributed by atoms with Crippen molar-refractivity contribution in [1.29, 1.82) is 0 Å². The molecule has 1 N–H and O–H groups in total. The topological polar surface area (TPSA) is 84.4 Å². The van der Waals surface area contributed by atoms with Crippen molar-refractivity contribution in [1.82, 2.24) is 15.1 Å². The van der Waals surface area contributed by atoms with E-state index in [2.05, 4.69) is 15.5 Å². The average molecular weight is 449 g/mol. The molecule has 1 aliphatic rings. The molecule has 0 radical (unpaired) electrons. The number of aromatic nitrogens is 2. The lowest BCUT2D eigenvalue weighted by atomic mass is 10.2. The molecule has 1 aliphatic heterocycles. The number of hydrogen-bond acceptors (Lipinski definition) is 8. The van der Waals surface area contributed by atoms with Crippen LogP contribution in [0.25, 0.3) is 6.08 Å². The highest BCUT2D eigenvalue weighted by Gasteiger charge is 2.31. The minimum Gasteiger partial charge on any atom is -0.497 e. The van der Waals surface area contributed by atoms with E-state index in [0.717, 1.165) is 22.7 Å². The highest BCUT2D eigenvalue weighted by molar-refractivity contribution is 8.26. The van der Waals surface area contributed by atoms with Crippen molar-refractivity contribution in [3.63, 3.8) is 0 Å². The van der Waals surface area contributed by atoms with Gasteiger partial charge >= 0.3 is 0 Å². The van der Waals surface area contributed by atoms with Crippen LogP contribution in [0.15, 0.2) is 29.2 Å². The van der Waals surface area contributed by atoms with Crippen LogP contribution < -0.4 is 10.1 Å². The maximum Gasteiger partial charge on any atom is 0.266 e. The number of methoxy groups -OCH3 is 1. The van der Waals surface area contributed by atoms with Crippen molar-refractivity contribution < 1.29 is 14.3 Å². The van der Waals surface area contributed by atoms with Crippen LogP contribution in [0.4, 0.5) is 5.13 Å². The Hall–Kier alpha value is -2.30. The first kappa shape index (κ1) is 21.4. The first-order valence-corrected chi connectivity index (χ1v) is 11.1. The molecule has 0 aliphatic carbocycles. The average Bonchev–Trinajstić information content (AvgIpc) is 3.27. The van der Waals surface area contributed by atoms with E-state index in [4.69, 9.17) is 17.0 Å². The summed E-state index contributed by atoms with van der Waals surface area (Å²) in [6, 6.07) is 7.47. The third kappa shape index (κ3) is 5.62. The summed E-state index contributed by atoms with van der Waals surface area (Å²) in [5, 5.41) is 12.0. The molecule has 3 rings (SSSR count). The quantitative estimate of drug-likeness (QED) is 0.486. The minimum absolute atomic E-state index is 0.139. The van der Waals surface area contributed by atoms with Crippen LogP contribution in [-0.2, 0) is 16.0 Å². The van der Waals surface area contributed by atoms with Gasteiger partial charge < -0.3 is 10.1 Å². The molecular weight excluding hydrogens is 428 g/mol. The number of nitrogens with zero attached hydrogens (tertiary/aromatic N) is 3. The number of anilines is 1. The summed E-state index contributed by atoms with van der Waals surface area (Å²) in [5.41, 5.74) is 0.868. The van der Waals surface area contributed by atoms with Gasteiger partial charge in [-0.05, 0) is 36.6 Å². The van der Waals surface area contributed by atoms with Gasteiger partial charge in [0.1, 0.15) is 15.1 Å².